The molecule has 5 nitrogen and oxygen atoms in total. The van der Waals surface area contributed by atoms with Crippen molar-refractivity contribution in [3.63, 3.8) is 0 Å². The van der Waals surface area contributed by atoms with E-state index in [0.29, 0.717) is 40.2 Å². The van der Waals surface area contributed by atoms with Crippen molar-refractivity contribution in [3.05, 3.63) is 94.0 Å². The first kappa shape index (κ1) is 20.1. The van der Waals surface area contributed by atoms with Crippen molar-refractivity contribution < 1.29 is 14.7 Å². The highest BCUT2D eigenvalue weighted by Gasteiger charge is 2.22. The smallest absolute Gasteiger partial charge is 0.255 e. The van der Waals surface area contributed by atoms with E-state index in [4.69, 9.17) is 11.6 Å². The summed E-state index contributed by atoms with van der Waals surface area (Å²) < 4.78 is 0. The lowest BCUT2D eigenvalue weighted by molar-refractivity contribution is -0.118. The molecule has 30 heavy (non-hydrogen) atoms. The second kappa shape index (κ2) is 8.30. The van der Waals surface area contributed by atoms with Gasteiger partial charge in [-0.15, -0.1) is 0 Å². The predicted octanol–water partition coefficient (Wildman–Crippen LogP) is 4.58. The van der Waals surface area contributed by atoms with Gasteiger partial charge in [0.05, 0.1) is 0 Å². The van der Waals surface area contributed by atoms with Crippen molar-refractivity contribution in [2.24, 2.45) is 0 Å². The van der Waals surface area contributed by atoms with Crippen molar-refractivity contribution in [2.45, 2.75) is 18.9 Å². The summed E-state index contributed by atoms with van der Waals surface area (Å²) in [5, 5.41) is 14.2. The van der Waals surface area contributed by atoms with E-state index in [2.05, 4.69) is 5.32 Å². The number of nitrogens with one attached hydrogen (secondary N) is 1. The van der Waals surface area contributed by atoms with E-state index in [1.54, 1.807) is 42.3 Å². The van der Waals surface area contributed by atoms with Crippen LogP contribution >= 0.6 is 11.6 Å². The van der Waals surface area contributed by atoms with E-state index in [-0.39, 0.29) is 11.8 Å². The molecular formula is C24H21ClN2O3. The molecule has 2 amide bonds. The lowest BCUT2D eigenvalue weighted by Crippen LogP contribution is -2.31. The van der Waals surface area contributed by atoms with Gasteiger partial charge in [-0.2, -0.15) is 0 Å². The molecular weight excluding hydrogens is 400 g/mol. The van der Waals surface area contributed by atoms with E-state index in [1.807, 2.05) is 36.4 Å². The van der Waals surface area contributed by atoms with E-state index in [9.17, 15) is 14.7 Å². The molecule has 0 fully saturated rings. The van der Waals surface area contributed by atoms with Gasteiger partial charge >= 0.3 is 0 Å². The Morgan fingerprint density at radius 3 is 2.60 bits per heavy atom. The standard InChI is InChI=1S/C24H21ClN2O3/c1-27-21-11-7-17(13-16(21)8-12-22(27)28)24(30)26-20-10-9-18(25)14-19(20)23(29)15-5-3-2-4-6-15/h2-7,9-11,13-14,23,29H,8,12H2,1H3,(H,26,30). The zero-order chi connectivity index (χ0) is 21.3. The summed E-state index contributed by atoms with van der Waals surface area (Å²) in [6, 6.07) is 19.5. The Bertz CT molecular complexity index is 1110. The van der Waals surface area contributed by atoms with Crippen molar-refractivity contribution in [1.82, 2.24) is 0 Å². The molecule has 4 rings (SSSR count). The molecule has 0 aliphatic carbocycles. The molecule has 1 aliphatic heterocycles. The van der Waals surface area contributed by atoms with Crippen LogP contribution in [0.3, 0.4) is 0 Å². The van der Waals surface area contributed by atoms with Crippen molar-refractivity contribution in [2.75, 3.05) is 17.3 Å². The molecule has 3 aromatic rings. The molecule has 0 saturated heterocycles. The maximum atomic E-state index is 12.9. The molecule has 1 heterocycles. The topological polar surface area (TPSA) is 69.6 Å². The summed E-state index contributed by atoms with van der Waals surface area (Å²) in [5.74, 6) is -0.221. The zero-order valence-electron chi connectivity index (χ0n) is 16.4. The van der Waals surface area contributed by atoms with E-state index >= 15 is 0 Å². The number of carbonyl (C=O) groups is 2. The summed E-state index contributed by atoms with van der Waals surface area (Å²) in [7, 11) is 1.74. The van der Waals surface area contributed by atoms with Crippen LogP contribution in [0.25, 0.3) is 0 Å². The molecule has 6 heteroatoms. The first-order valence-corrected chi connectivity index (χ1v) is 10.0. The molecule has 1 unspecified atom stereocenters. The van der Waals surface area contributed by atoms with Gasteiger partial charge in [-0.05, 0) is 53.9 Å². The third-order valence-electron chi connectivity index (χ3n) is 5.36. The SMILES string of the molecule is CN1C(=O)CCc2cc(C(=O)Nc3ccc(Cl)cc3C(O)c3ccccc3)ccc21. The number of hydrogen-bond acceptors (Lipinski definition) is 3. The van der Waals surface area contributed by atoms with Crippen molar-refractivity contribution >= 4 is 34.8 Å². The zero-order valence-corrected chi connectivity index (χ0v) is 17.2. The molecule has 0 bridgehead atoms. The average Bonchev–Trinajstić information content (AvgIpc) is 2.77. The minimum absolute atomic E-state index is 0.0698. The van der Waals surface area contributed by atoms with Gasteiger partial charge in [0, 0.05) is 41.0 Å². The van der Waals surface area contributed by atoms with Crippen LogP contribution < -0.4 is 10.2 Å². The first-order valence-electron chi connectivity index (χ1n) is 9.67. The van der Waals surface area contributed by atoms with Crippen LogP contribution in [0.2, 0.25) is 5.02 Å². The average molecular weight is 421 g/mol. The van der Waals surface area contributed by atoms with Gasteiger partial charge in [0.15, 0.2) is 0 Å². The third-order valence-corrected chi connectivity index (χ3v) is 5.59. The highest BCUT2D eigenvalue weighted by Crippen LogP contribution is 2.32. The summed E-state index contributed by atoms with van der Waals surface area (Å²) in [5.41, 5.74) is 4.00. The highest BCUT2D eigenvalue weighted by atomic mass is 35.5. The fraction of sp³-hybridized carbons (Fsp3) is 0.167. The third kappa shape index (κ3) is 3.95. The number of anilines is 2. The number of aliphatic hydroxyl groups excluding tert-OH is 1. The molecule has 0 aromatic heterocycles. The molecule has 0 saturated carbocycles. The molecule has 3 aromatic carbocycles. The van der Waals surface area contributed by atoms with Gasteiger partial charge in [-0.1, -0.05) is 41.9 Å². The first-order chi connectivity index (χ1) is 14.4. The van der Waals surface area contributed by atoms with Gasteiger partial charge in [-0.25, -0.2) is 0 Å². The number of aliphatic hydroxyl groups is 1. The van der Waals surface area contributed by atoms with Gasteiger partial charge in [0.1, 0.15) is 6.10 Å². The van der Waals surface area contributed by atoms with Gasteiger partial charge in [0.25, 0.3) is 5.91 Å². The van der Waals surface area contributed by atoms with Crippen molar-refractivity contribution in [1.29, 1.82) is 0 Å². The van der Waals surface area contributed by atoms with Crippen LogP contribution in [0.5, 0.6) is 0 Å². The summed E-state index contributed by atoms with van der Waals surface area (Å²) in [4.78, 5) is 26.4. The number of rotatable bonds is 4. The number of carbonyl (C=O) groups excluding carboxylic acids is 2. The largest absolute Gasteiger partial charge is 0.384 e. The Kier molecular flexibility index (Phi) is 5.57. The van der Waals surface area contributed by atoms with Crippen LogP contribution in [-0.2, 0) is 11.2 Å². The predicted molar refractivity (Wildman–Crippen MR) is 118 cm³/mol. The van der Waals surface area contributed by atoms with Crippen LogP contribution in [0.1, 0.15) is 39.6 Å². The number of fused-ring (bicyclic) bond motifs is 1. The summed E-state index contributed by atoms with van der Waals surface area (Å²) >= 11 is 6.15. The second-order valence-electron chi connectivity index (χ2n) is 7.30. The van der Waals surface area contributed by atoms with Gasteiger partial charge in [0.2, 0.25) is 5.91 Å². The van der Waals surface area contributed by atoms with Gasteiger partial charge in [-0.3, -0.25) is 9.59 Å². The van der Waals surface area contributed by atoms with Crippen LogP contribution in [0.4, 0.5) is 11.4 Å². The maximum absolute atomic E-state index is 12.9. The lowest BCUT2D eigenvalue weighted by Gasteiger charge is -2.26. The Labute approximate surface area is 179 Å². The Morgan fingerprint density at radius 2 is 1.83 bits per heavy atom. The minimum atomic E-state index is -0.927. The molecule has 1 aliphatic rings. The number of nitrogens with zero attached hydrogens (tertiary/aromatic N) is 1. The second-order valence-corrected chi connectivity index (χ2v) is 7.73. The fourth-order valence-electron chi connectivity index (χ4n) is 3.68. The summed E-state index contributed by atoms with van der Waals surface area (Å²) in [6.45, 7) is 0. The van der Waals surface area contributed by atoms with E-state index in [1.165, 1.54) is 0 Å². The Balaban J connectivity index is 1.62. The normalized spacial score (nSPS) is 14.2. The van der Waals surface area contributed by atoms with Crippen LogP contribution in [-0.4, -0.2) is 24.0 Å². The monoisotopic (exact) mass is 420 g/mol. The Morgan fingerprint density at radius 1 is 1.07 bits per heavy atom. The Hall–Kier alpha value is -3.15. The number of amides is 2. The quantitative estimate of drug-likeness (QED) is 0.648. The van der Waals surface area contributed by atoms with E-state index < -0.39 is 6.10 Å². The lowest BCUT2D eigenvalue weighted by atomic mass is 9.98. The molecule has 2 N–H and O–H groups in total. The highest BCUT2D eigenvalue weighted by molar-refractivity contribution is 6.30. The van der Waals surface area contributed by atoms with Gasteiger partial charge < -0.3 is 15.3 Å². The number of hydrogen-bond donors (Lipinski definition) is 2. The summed E-state index contributed by atoms with van der Waals surface area (Å²) in [6.07, 6.45) is 0.112. The van der Waals surface area contributed by atoms with Crippen LogP contribution in [0, 0.1) is 0 Å². The van der Waals surface area contributed by atoms with E-state index in [0.717, 1.165) is 11.3 Å². The molecule has 0 spiro atoms. The molecule has 152 valence electrons. The number of aryl methyl sites for hydroxylation is 1. The fourth-order valence-corrected chi connectivity index (χ4v) is 3.86. The molecule has 0 radical (unpaired) electrons. The molecule has 1 atom stereocenters. The minimum Gasteiger partial charge on any atom is -0.384 e. The van der Waals surface area contributed by atoms with Crippen molar-refractivity contribution in [3.8, 4) is 0 Å². The number of halogens is 1. The number of benzene rings is 3. The van der Waals surface area contributed by atoms with Crippen LogP contribution in [0.15, 0.2) is 66.7 Å². The maximum Gasteiger partial charge on any atom is 0.255 e.